The highest BCUT2D eigenvalue weighted by atomic mass is 15.1. The molecular formula is C13H16BN. The summed E-state index contributed by atoms with van der Waals surface area (Å²) >= 11 is 0. The summed E-state index contributed by atoms with van der Waals surface area (Å²) in [5.74, 6) is 0. The Bertz CT molecular complexity index is 415. The number of benzene rings is 1. The summed E-state index contributed by atoms with van der Waals surface area (Å²) in [6.45, 7) is 11.4. The molecule has 0 atom stereocenters. The molecule has 0 aromatic heterocycles. The number of hydrogen-bond donors (Lipinski definition) is 0. The Morgan fingerprint density at radius 1 is 1.33 bits per heavy atom. The molecule has 1 aromatic rings. The average molecular weight is 197 g/mol. The van der Waals surface area contributed by atoms with Gasteiger partial charge in [0.25, 0.3) is 0 Å². The lowest BCUT2D eigenvalue weighted by Gasteiger charge is -2.20. The summed E-state index contributed by atoms with van der Waals surface area (Å²) < 4.78 is 0. The minimum atomic E-state index is 0.178. The van der Waals surface area contributed by atoms with Gasteiger partial charge in [0.2, 0.25) is 7.98 Å². The van der Waals surface area contributed by atoms with Crippen LogP contribution in [0, 0.1) is 0 Å². The molecule has 1 aliphatic rings. The maximum atomic E-state index is 5.82. The van der Waals surface area contributed by atoms with E-state index in [0.29, 0.717) is 0 Å². The van der Waals surface area contributed by atoms with Gasteiger partial charge < -0.3 is 4.81 Å². The van der Waals surface area contributed by atoms with Crippen LogP contribution < -0.4 is 0 Å². The third-order valence-electron chi connectivity index (χ3n) is 2.97. The van der Waals surface area contributed by atoms with E-state index in [4.69, 9.17) is 7.98 Å². The molecule has 0 aliphatic carbocycles. The van der Waals surface area contributed by atoms with Crippen LogP contribution in [-0.2, 0) is 12.0 Å². The first kappa shape index (κ1) is 10.3. The molecule has 0 amide bonds. The molecule has 2 radical (unpaired) electrons. The minimum Gasteiger partial charge on any atom is -0.421 e. The Labute approximate surface area is 93.2 Å². The van der Waals surface area contributed by atoms with Crippen molar-refractivity contribution < 1.29 is 0 Å². The fourth-order valence-corrected chi connectivity index (χ4v) is 1.88. The van der Waals surface area contributed by atoms with Crippen molar-refractivity contribution in [3.05, 3.63) is 41.5 Å². The lowest BCUT2D eigenvalue weighted by atomic mass is 9.85. The van der Waals surface area contributed by atoms with Gasteiger partial charge in [-0.05, 0) is 22.6 Å². The normalized spacial score (nSPS) is 15.7. The third kappa shape index (κ3) is 1.69. The fraction of sp³-hybridized carbons (Fsp3) is 0.385. The molecule has 2 heteroatoms. The molecule has 0 saturated heterocycles. The van der Waals surface area contributed by atoms with Gasteiger partial charge in [-0.15, -0.1) is 0 Å². The maximum Gasteiger partial charge on any atom is 0.227 e. The molecule has 0 spiro atoms. The zero-order chi connectivity index (χ0) is 11.2. The molecule has 0 unspecified atom stereocenters. The second kappa shape index (κ2) is 3.16. The van der Waals surface area contributed by atoms with Gasteiger partial charge in [-0.25, -0.2) is 0 Å². The van der Waals surface area contributed by atoms with Crippen molar-refractivity contribution in [2.45, 2.75) is 32.7 Å². The van der Waals surface area contributed by atoms with Gasteiger partial charge in [0.1, 0.15) is 0 Å². The van der Waals surface area contributed by atoms with E-state index in [1.807, 2.05) is 0 Å². The van der Waals surface area contributed by atoms with Gasteiger partial charge in [-0.3, -0.25) is 0 Å². The maximum absolute atomic E-state index is 5.82. The molecule has 1 nitrogen and oxygen atoms in total. The highest BCUT2D eigenvalue weighted by molar-refractivity contribution is 6.10. The van der Waals surface area contributed by atoms with Gasteiger partial charge >= 0.3 is 0 Å². The van der Waals surface area contributed by atoms with Crippen LogP contribution in [0.3, 0.4) is 0 Å². The molecule has 76 valence electrons. The summed E-state index contributed by atoms with van der Waals surface area (Å²) in [5, 5.41) is 0. The fourth-order valence-electron chi connectivity index (χ4n) is 1.88. The second-order valence-corrected chi connectivity index (χ2v) is 5.20. The van der Waals surface area contributed by atoms with Crippen LogP contribution >= 0.6 is 0 Å². The highest BCUT2D eigenvalue weighted by Gasteiger charge is 2.21. The van der Waals surface area contributed by atoms with Crippen LogP contribution in [0.4, 0.5) is 0 Å². The molecule has 2 rings (SSSR count). The number of rotatable bonds is 0. The zero-order valence-electron chi connectivity index (χ0n) is 9.67. The van der Waals surface area contributed by atoms with Crippen LogP contribution in [0.5, 0.6) is 0 Å². The smallest absolute Gasteiger partial charge is 0.227 e. The molecule has 15 heavy (non-hydrogen) atoms. The van der Waals surface area contributed by atoms with Gasteiger partial charge in [-0.1, -0.05) is 39.5 Å². The van der Waals surface area contributed by atoms with E-state index in [0.717, 1.165) is 12.2 Å². The van der Waals surface area contributed by atoms with Gasteiger partial charge in [0.15, 0.2) is 0 Å². The van der Waals surface area contributed by atoms with E-state index in [9.17, 15) is 0 Å². The molecule has 1 aromatic carbocycles. The Morgan fingerprint density at radius 2 is 2.00 bits per heavy atom. The van der Waals surface area contributed by atoms with Crippen molar-refractivity contribution in [1.82, 2.24) is 4.81 Å². The lowest BCUT2D eigenvalue weighted by molar-refractivity contribution is 0.590. The van der Waals surface area contributed by atoms with Crippen molar-refractivity contribution in [2.75, 3.05) is 0 Å². The third-order valence-corrected chi connectivity index (χ3v) is 2.97. The standard InChI is InChI=1S/C13H16BN/c1-9-12-7-11(13(2,3)4)6-5-10(12)8-15(9)14/h5-7H,1,8H2,2-4H3. The Balaban J connectivity index is 2.49. The highest BCUT2D eigenvalue weighted by Crippen LogP contribution is 2.33. The molecular weight excluding hydrogens is 181 g/mol. The Kier molecular flexibility index (Phi) is 2.18. The summed E-state index contributed by atoms with van der Waals surface area (Å²) in [4.78, 5) is 1.71. The topological polar surface area (TPSA) is 3.24 Å². The summed E-state index contributed by atoms with van der Waals surface area (Å²) in [6, 6.07) is 6.56. The number of fused-ring (bicyclic) bond motifs is 1. The summed E-state index contributed by atoms with van der Waals surface area (Å²) in [7, 11) is 5.82. The van der Waals surface area contributed by atoms with Crippen LogP contribution in [0.25, 0.3) is 5.70 Å². The van der Waals surface area contributed by atoms with E-state index in [1.165, 1.54) is 16.7 Å². The summed E-state index contributed by atoms with van der Waals surface area (Å²) in [6.07, 6.45) is 0. The van der Waals surface area contributed by atoms with Gasteiger partial charge in [0, 0.05) is 17.8 Å². The predicted octanol–water partition coefficient (Wildman–Crippen LogP) is 2.85. The van der Waals surface area contributed by atoms with E-state index in [1.54, 1.807) is 4.81 Å². The van der Waals surface area contributed by atoms with Gasteiger partial charge in [0.05, 0.1) is 0 Å². The Morgan fingerprint density at radius 3 is 2.60 bits per heavy atom. The van der Waals surface area contributed by atoms with Crippen LogP contribution in [0.1, 0.15) is 37.5 Å². The minimum absolute atomic E-state index is 0.178. The van der Waals surface area contributed by atoms with Crippen molar-refractivity contribution in [3.8, 4) is 0 Å². The monoisotopic (exact) mass is 197 g/mol. The first-order chi connectivity index (χ1) is 6.89. The molecule has 0 bridgehead atoms. The number of nitrogens with zero attached hydrogens (tertiary/aromatic N) is 1. The van der Waals surface area contributed by atoms with Crippen molar-refractivity contribution in [2.24, 2.45) is 0 Å². The molecule has 0 N–H and O–H groups in total. The molecule has 0 saturated carbocycles. The number of hydrogen-bond acceptors (Lipinski definition) is 1. The first-order valence-electron chi connectivity index (χ1n) is 5.24. The lowest BCUT2D eigenvalue weighted by Crippen LogP contribution is -2.11. The summed E-state index contributed by atoms with van der Waals surface area (Å²) in [5.41, 5.74) is 4.91. The molecule has 0 fully saturated rings. The van der Waals surface area contributed by atoms with Crippen LogP contribution in [0.15, 0.2) is 24.8 Å². The molecule has 1 heterocycles. The Hall–Kier alpha value is -1.18. The van der Waals surface area contributed by atoms with E-state index < -0.39 is 0 Å². The van der Waals surface area contributed by atoms with E-state index in [2.05, 4.69) is 45.5 Å². The van der Waals surface area contributed by atoms with Crippen LogP contribution in [-0.4, -0.2) is 12.8 Å². The van der Waals surface area contributed by atoms with E-state index in [-0.39, 0.29) is 5.41 Å². The van der Waals surface area contributed by atoms with Crippen molar-refractivity contribution in [3.63, 3.8) is 0 Å². The predicted molar refractivity (Wildman–Crippen MR) is 65.5 cm³/mol. The van der Waals surface area contributed by atoms with Crippen molar-refractivity contribution >= 4 is 13.7 Å². The average Bonchev–Trinajstić information content (AvgIpc) is 2.41. The SMILES string of the molecule is [B]N1Cc2ccc(C(C)(C)C)cc2C1=C. The molecule has 1 aliphatic heterocycles. The van der Waals surface area contributed by atoms with E-state index >= 15 is 0 Å². The van der Waals surface area contributed by atoms with Gasteiger partial charge in [-0.2, -0.15) is 0 Å². The second-order valence-electron chi connectivity index (χ2n) is 5.20. The van der Waals surface area contributed by atoms with Crippen molar-refractivity contribution in [1.29, 1.82) is 0 Å². The first-order valence-corrected chi connectivity index (χ1v) is 5.24. The van der Waals surface area contributed by atoms with Crippen LogP contribution in [0.2, 0.25) is 0 Å². The zero-order valence-corrected chi connectivity index (χ0v) is 9.67. The quantitative estimate of drug-likeness (QED) is 0.578. The largest absolute Gasteiger partial charge is 0.421 e.